The molecule has 0 atom stereocenters. The molecule has 1 aromatic carbocycles. The molecule has 0 unspecified atom stereocenters. The van der Waals surface area contributed by atoms with Gasteiger partial charge in [-0.1, -0.05) is 0 Å². The molecular formula is C30H31FN8O3. The lowest BCUT2D eigenvalue weighted by Crippen LogP contribution is -2.50. The van der Waals surface area contributed by atoms with E-state index in [1.807, 2.05) is 32.9 Å². The normalized spacial score (nSPS) is 13.4. The second-order valence-electron chi connectivity index (χ2n) is 10.7. The number of halogens is 1. The number of carbonyl (C=O) groups excluding carboxylic acids is 2. The summed E-state index contributed by atoms with van der Waals surface area (Å²) >= 11 is 0. The van der Waals surface area contributed by atoms with Gasteiger partial charge >= 0.3 is 6.09 Å². The van der Waals surface area contributed by atoms with Crippen molar-refractivity contribution in [2.24, 2.45) is 0 Å². The molecule has 2 N–H and O–H groups in total. The molecule has 4 aromatic rings. The number of amides is 2. The van der Waals surface area contributed by atoms with Gasteiger partial charge in [-0.15, -0.1) is 0 Å². The Bertz CT molecular complexity index is 1550. The molecule has 216 valence electrons. The number of anilines is 4. The number of pyridine rings is 2. The smallest absolute Gasteiger partial charge is 0.410 e. The van der Waals surface area contributed by atoms with Gasteiger partial charge in [0.1, 0.15) is 28.9 Å². The van der Waals surface area contributed by atoms with Crippen molar-refractivity contribution in [1.82, 2.24) is 24.8 Å². The minimum absolute atomic E-state index is 0.315. The minimum Gasteiger partial charge on any atom is -0.444 e. The summed E-state index contributed by atoms with van der Waals surface area (Å²) in [5, 5.41) is 5.99. The summed E-state index contributed by atoms with van der Waals surface area (Å²) in [5.41, 5.74) is 1.59. The number of nitrogens with zero attached hydrogens (tertiary/aromatic N) is 6. The molecule has 1 aliphatic rings. The molecule has 0 spiro atoms. The van der Waals surface area contributed by atoms with Crippen LogP contribution in [-0.4, -0.2) is 68.6 Å². The molecule has 11 nitrogen and oxygen atoms in total. The van der Waals surface area contributed by atoms with E-state index in [0.717, 1.165) is 11.4 Å². The number of piperazine rings is 1. The first kappa shape index (κ1) is 28.4. The van der Waals surface area contributed by atoms with Gasteiger partial charge in [0.25, 0.3) is 5.91 Å². The van der Waals surface area contributed by atoms with Crippen LogP contribution in [-0.2, 0) is 4.74 Å². The SMILES string of the molecule is CC(C)(C)OC(=O)N1CCN(c2cc(-c3cc(NC(=O)c4ccc(F)cc4)cc(Nc4cnccn4)n3)ccn2)CC1. The third-order valence-corrected chi connectivity index (χ3v) is 6.31. The van der Waals surface area contributed by atoms with Crippen molar-refractivity contribution in [3.63, 3.8) is 0 Å². The van der Waals surface area contributed by atoms with Gasteiger partial charge in [-0.05, 0) is 63.2 Å². The number of rotatable bonds is 6. The van der Waals surface area contributed by atoms with Gasteiger partial charge < -0.3 is 25.2 Å². The van der Waals surface area contributed by atoms with E-state index in [0.29, 0.717) is 54.8 Å². The average Bonchev–Trinajstić information content (AvgIpc) is 2.97. The van der Waals surface area contributed by atoms with Gasteiger partial charge in [-0.3, -0.25) is 9.78 Å². The van der Waals surface area contributed by atoms with Crippen LogP contribution >= 0.6 is 0 Å². The Morgan fingerprint density at radius 1 is 0.905 bits per heavy atom. The van der Waals surface area contributed by atoms with Gasteiger partial charge in [-0.2, -0.15) is 0 Å². The number of nitrogens with one attached hydrogen (secondary N) is 2. The lowest BCUT2D eigenvalue weighted by atomic mass is 10.1. The van der Waals surface area contributed by atoms with Gasteiger partial charge in [0.2, 0.25) is 0 Å². The summed E-state index contributed by atoms with van der Waals surface area (Å²) in [6.45, 7) is 7.76. The molecule has 3 aromatic heterocycles. The monoisotopic (exact) mass is 570 g/mol. The summed E-state index contributed by atoms with van der Waals surface area (Å²) < 4.78 is 18.9. The Balaban J connectivity index is 1.38. The molecule has 12 heteroatoms. The first-order valence-electron chi connectivity index (χ1n) is 13.4. The molecule has 4 heterocycles. The second kappa shape index (κ2) is 12.2. The maximum absolute atomic E-state index is 13.4. The molecule has 2 amide bonds. The van der Waals surface area contributed by atoms with Gasteiger partial charge in [0, 0.05) is 67.7 Å². The minimum atomic E-state index is -0.551. The highest BCUT2D eigenvalue weighted by Crippen LogP contribution is 2.28. The predicted octanol–water partition coefficient (Wildman–Crippen LogP) is 5.13. The van der Waals surface area contributed by atoms with Crippen molar-refractivity contribution < 1.29 is 18.7 Å². The Kier molecular flexibility index (Phi) is 8.23. The topological polar surface area (TPSA) is 125 Å². The highest BCUT2D eigenvalue weighted by atomic mass is 19.1. The Morgan fingerprint density at radius 2 is 1.67 bits per heavy atom. The zero-order valence-corrected chi connectivity index (χ0v) is 23.5. The van der Waals surface area contributed by atoms with Crippen molar-refractivity contribution in [2.45, 2.75) is 26.4 Å². The lowest BCUT2D eigenvalue weighted by Gasteiger charge is -2.36. The quantitative estimate of drug-likeness (QED) is 0.325. The largest absolute Gasteiger partial charge is 0.444 e. The van der Waals surface area contributed by atoms with Crippen LogP contribution in [0.3, 0.4) is 0 Å². The highest BCUT2D eigenvalue weighted by Gasteiger charge is 2.26. The van der Waals surface area contributed by atoms with Crippen LogP contribution in [0, 0.1) is 5.82 Å². The number of hydrogen-bond donors (Lipinski definition) is 2. The van der Waals surface area contributed by atoms with Crippen molar-refractivity contribution in [2.75, 3.05) is 41.7 Å². The van der Waals surface area contributed by atoms with E-state index in [1.54, 1.807) is 41.8 Å². The third kappa shape index (κ3) is 7.33. The van der Waals surface area contributed by atoms with E-state index >= 15 is 0 Å². The molecule has 42 heavy (non-hydrogen) atoms. The van der Waals surface area contributed by atoms with E-state index in [9.17, 15) is 14.0 Å². The van der Waals surface area contributed by atoms with Crippen LogP contribution in [0.4, 0.5) is 32.3 Å². The maximum Gasteiger partial charge on any atom is 0.410 e. The molecule has 0 saturated carbocycles. The van der Waals surface area contributed by atoms with E-state index in [1.165, 1.54) is 24.3 Å². The fraction of sp³-hybridized carbons (Fsp3) is 0.267. The van der Waals surface area contributed by atoms with Crippen LogP contribution < -0.4 is 15.5 Å². The predicted molar refractivity (Wildman–Crippen MR) is 157 cm³/mol. The molecule has 1 fully saturated rings. The molecular weight excluding hydrogens is 539 g/mol. The van der Waals surface area contributed by atoms with Gasteiger partial charge in [-0.25, -0.2) is 24.1 Å². The first-order valence-corrected chi connectivity index (χ1v) is 13.4. The van der Waals surface area contributed by atoms with E-state index in [-0.39, 0.29) is 6.09 Å². The van der Waals surface area contributed by atoms with Crippen molar-refractivity contribution in [3.8, 4) is 11.3 Å². The Morgan fingerprint density at radius 3 is 2.36 bits per heavy atom. The third-order valence-electron chi connectivity index (χ3n) is 6.31. The fourth-order valence-electron chi connectivity index (χ4n) is 4.31. The Hall–Kier alpha value is -5.13. The number of carbonyl (C=O) groups is 2. The second-order valence-corrected chi connectivity index (χ2v) is 10.7. The van der Waals surface area contributed by atoms with E-state index in [4.69, 9.17) is 9.72 Å². The zero-order valence-electron chi connectivity index (χ0n) is 23.5. The average molecular weight is 571 g/mol. The summed E-state index contributed by atoms with van der Waals surface area (Å²) in [6.07, 6.45) is 6.06. The standard InChI is InChI=1S/C30H31FN8O3/c1-30(2,3)42-29(41)39-14-12-38(13-15-39)27-16-21(8-9-34-27)24-17-23(35-28(40)20-4-6-22(31)7-5-20)18-25(36-24)37-26-19-32-10-11-33-26/h4-11,16-19H,12-15H2,1-3H3,(H2,33,35,36,37,40). The van der Waals surface area contributed by atoms with Crippen LogP contribution in [0.15, 0.2) is 73.3 Å². The van der Waals surface area contributed by atoms with Crippen LogP contribution in [0.25, 0.3) is 11.3 Å². The molecule has 0 aliphatic carbocycles. The summed E-state index contributed by atoms with van der Waals surface area (Å²) in [7, 11) is 0. The molecule has 1 saturated heterocycles. The van der Waals surface area contributed by atoms with Crippen LogP contribution in [0.5, 0.6) is 0 Å². The number of benzene rings is 1. The van der Waals surface area contributed by atoms with Crippen molar-refractivity contribution >= 4 is 35.1 Å². The Labute approximate surface area is 242 Å². The molecule has 0 bridgehead atoms. The summed E-state index contributed by atoms with van der Waals surface area (Å²) in [4.78, 5) is 46.8. The highest BCUT2D eigenvalue weighted by molar-refractivity contribution is 6.04. The van der Waals surface area contributed by atoms with Gasteiger partial charge in [0.15, 0.2) is 0 Å². The first-order chi connectivity index (χ1) is 20.1. The molecule has 0 radical (unpaired) electrons. The lowest BCUT2D eigenvalue weighted by molar-refractivity contribution is 0.0240. The fourth-order valence-corrected chi connectivity index (χ4v) is 4.31. The van der Waals surface area contributed by atoms with Crippen LogP contribution in [0.1, 0.15) is 31.1 Å². The number of hydrogen-bond acceptors (Lipinski definition) is 9. The summed E-state index contributed by atoms with van der Waals surface area (Å²) in [6, 6.07) is 12.5. The number of aromatic nitrogens is 4. The molecule has 1 aliphatic heterocycles. The number of ether oxygens (including phenoxy) is 1. The molecule has 5 rings (SSSR count). The summed E-state index contributed by atoms with van der Waals surface area (Å²) in [5.74, 6) is 0.842. The van der Waals surface area contributed by atoms with E-state index < -0.39 is 17.3 Å². The van der Waals surface area contributed by atoms with Crippen LogP contribution in [0.2, 0.25) is 0 Å². The van der Waals surface area contributed by atoms with E-state index in [2.05, 4.69) is 30.5 Å². The van der Waals surface area contributed by atoms with Crippen molar-refractivity contribution in [1.29, 1.82) is 0 Å². The zero-order chi connectivity index (χ0) is 29.7. The van der Waals surface area contributed by atoms with Gasteiger partial charge in [0.05, 0.1) is 11.9 Å². The van der Waals surface area contributed by atoms with Crippen molar-refractivity contribution in [3.05, 3.63) is 84.7 Å². The maximum atomic E-state index is 13.4.